The molecule has 0 saturated heterocycles. The standard InChI is InChI=1S/C12H10F2N2O/c1-7-10(6-17)8(2)16(15-7)9-3-4-11(13)12(14)5-9/h3-6H,1-2H3. The summed E-state index contributed by atoms with van der Waals surface area (Å²) >= 11 is 0. The second kappa shape index (κ2) is 4.08. The van der Waals surface area contributed by atoms with E-state index in [1.807, 2.05) is 0 Å². The van der Waals surface area contributed by atoms with Crippen LogP contribution >= 0.6 is 0 Å². The normalized spacial score (nSPS) is 10.6. The lowest BCUT2D eigenvalue weighted by atomic mass is 10.2. The van der Waals surface area contributed by atoms with Gasteiger partial charge in [-0.25, -0.2) is 13.5 Å². The van der Waals surface area contributed by atoms with Crippen LogP contribution < -0.4 is 0 Å². The molecule has 88 valence electrons. The van der Waals surface area contributed by atoms with Crippen LogP contribution in [0.2, 0.25) is 0 Å². The van der Waals surface area contributed by atoms with Gasteiger partial charge in [-0.3, -0.25) is 4.79 Å². The predicted octanol–water partition coefficient (Wildman–Crippen LogP) is 2.58. The molecule has 0 aliphatic carbocycles. The summed E-state index contributed by atoms with van der Waals surface area (Å²) in [5.41, 5.74) is 2.01. The van der Waals surface area contributed by atoms with Crippen LogP contribution in [-0.2, 0) is 0 Å². The van der Waals surface area contributed by atoms with Crippen molar-refractivity contribution in [3.8, 4) is 5.69 Å². The molecule has 0 radical (unpaired) electrons. The molecule has 0 spiro atoms. The number of halogens is 2. The van der Waals surface area contributed by atoms with Crippen molar-refractivity contribution in [3.05, 3.63) is 46.8 Å². The highest BCUT2D eigenvalue weighted by Gasteiger charge is 2.13. The van der Waals surface area contributed by atoms with Gasteiger partial charge in [-0.05, 0) is 26.0 Å². The first-order valence-corrected chi connectivity index (χ1v) is 5.01. The van der Waals surface area contributed by atoms with Gasteiger partial charge in [-0.1, -0.05) is 0 Å². The largest absolute Gasteiger partial charge is 0.298 e. The molecule has 0 unspecified atom stereocenters. The number of rotatable bonds is 2. The quantitative estimate of drug-likeness (QED) is 0.751. The average molecular weight is 236 g/mol. The molecule has 2 aromatic rings. The molecule has 1 aromatic heterocycles. The van der Waals surface area contributed by atoms with Gasteiger partial charge in [0.25, 0.3) is 0 Å². The van der Waals surface area contributed by atoms with E-state index in [9.17, 15) is 13.6 Å². The summed E-state index contributed by atoms with van der Waals surface area (Å²) < 4.78 is 27.3. The fourth-order valence-corrected chi connectivity index (χ4v) is 1.69. The van der Waals surface area contributed by atoms with Crippen LogP contribution in [0.3, 0.4) is 0 Å². The Balaban J connectivity index is 2.60. The number of nitrogens with zero attached hydrogens (tertiary/aromatic N) is 2. The van der Waals surface area contributed by atoms with Crippen molar-refractivity contribution in [2.45, 2.75) is 13.8 Å². The summed E-state index contributed by atoms with van der Waals surface area (Å²) in [6.07, 6.45) is 0.702. The molecule has 3 nitrogen and oxygen atoms in total. The number of hydrogen-bond acceptors (Lipinski definition) is 2. The van der Waals surface area contributed by atoms with Crippen LogP contribution in [0.15, 0.2) is 18.2 Å². The highest BCUT2D eigenvalue weighted by Crippen LogP contribution is 2.18. The van der Waals surface area contributed by atoms with E-state index in [-0.39, 0.29) is 0 Å². The van der Waals surface area contributed by atoms with Gasteiger partial charge in [-0.2, -0.15) is 5.10 Å². The van der Waals surface area contributed by atoms with E-state index < -0.39 is 11.6 Å². The molecule has 0 aliphatic rings. The Bertz CT molecular complexity index is 590. The highest BCUT2D eigenvalue weighted by atomic mass is 19.2. The first-order valence-electron chi connectivity index (χ1n) is 5.01. The topological polar surface area (TPSA) is 34.9 Å². The van der Waals surface area contributed by atoms with E-state index in [0.29, 0.717) is 28.9 Å². The summed E-state index contributed by atoms with van der Waals surface area (Å²) in [6.45, 7) is 3.39. The smallest absolute Gasteiger partial charge is 0.160 e. The highest BCUT2D eigenvalue weighted by molar-refractivity contribution is 5.78. The van der Waals surface area contributed by atoms with Gasteiger partial charge in [0.1, 0.15) is 0 Å². The first-order chi connectivity index (χ1) is 8.04. The lowest BCUT2D eigenvalue weighted by Crippen LogP contribution is -2.00. The SMILES string of the molecule is Cc1nn(-c2ccc(F)c(F)c2)c(C)c1C=O. The van der Waals surface area contributed by atoms with Crippen LogP contribution in [0.5, 0.6) is 0 Å². The fraction of sp³-hybridized carbons (Fsp3) is 0.167. The number of aromatic nitrogens is 2. The second-order valence-corrected chi connectivity index (χ2v) is 3.71. The third-order valence-electron chi connectivity index (χ3n) is 2.61. The Morgan fingerprint density at radius 3 is 2.47 bits per heavy atom. The molecule has 0 atom stereocenters. The molecule has 2 rings (SSSR count). The maximum absolute atomic E-state index is 13.1. The van der Waals surface area contributed by atoms with E-state index in [4.69, 9.17) is 0 Å². The van der Waals surface area contributed by atoms with Crippen molar-refractivity contribution in [2.75, 3.05) is 0 Å². The second-order valence-electron chi connectivity index (χ2n) is 3.71. The number of aldehydes is 1. The zero-order valence-corrected chi connectivity index (χ0v) is 9.37. The minimum Gasteiger partial charge on any atom is -0.298 e. The summed E-state index contributed by atoms with van der Waals surface area (Å²) in [5, 5.41) is 4.12. The van der Waals surface area contributed by atoms with E-state index in [0.717, 1.165) is 12.1 Å². The third kappa shape index (κ3) is 1.84. The minimum absolute atomic E-state index is 0.387. The molecule has 0 amide bonds. The van der Waals surface area contributed by atoms with E-state index >= 15 is 0 Å². The molecular formula is C12H10F2N2O. The Morgan fingerprint density at radius 2 is 1.94 bits per heavy atom. The molecule has 0 aliphatic heterocycles. The van der Waals surface area contributed by atoms with Crippen LogP contribution in [0.4, 0.5) is 8.78 Å². The number of hydrogen-bond donors (Lipinski definition) is 0. The molecule has 5 heteroatoms. The summed E-state index contributed by atoms with van der Waals surface area (Å²) in [4.78, 5) is 10.8. The van der Waals surface area contributed by atoms with Crippen LogP contribution in [0.25, 0.3) is 5.69 Å². The van der Waals surface area contributed by atoms with Crippen molar-refractivity contribution >= 4 is 6.29 Å². The predicted molar refractivity (Wildman–Crippen MR) is 58.3 cm³/mol. The van der Waals surface area contributed by atoms with E-state index in [1.54, 1.807) is 13.8 Å². The maximum Gasteiger partial charge on any atom is 0.160 e. The third-order valence-corrected chi connectivity index (χ3v) is 2.61. The van der Waals surface area contributed by atoms with Gasteiger partial charge < -0.3 is 0 Å². The summed E-state index contributed by atoms with van der Waals surface area (Å²) in [5.74, 6) is -1.85. The van der Waals surface area contributed by atoms with Crippen LogP contribution in [0.1, 0.15) is 21.7 Å². The average Bonchev–Trinajstić information content (AvgIpc) is 2.58. The monoisotopic (exact) mass is 236 g/mol. The Labute approximate surface area is 96.7 Å². The number of benzene rings is 1. The lowest BCUT2D eigenvalue weighted by Gasteiger charge is -2.04. The Morgan fingerprint density at radius 1 is 1.24 bits per heavy atom. The van der Waals surface area contributed by atoms with Crippen LogP contribution in [-0.4, -0.2) is 16.1 Å². The summed E-state index contributed by atoms with van der Waals surface area (Å²) in [6, 6.07) is 3.48. The van der Waals surface area contributed by atoms with Gasteiger partial charge in [0, 0.05) is 6.07 Å². The van der Waals surface area contributed by atoms with Gasteiger partial charge in [0.2, 0.25) is 0 Å². The molecule has 17 heavy (non-hydrogen) atoms. The van der Waals surface area contributed by atoms with Gasteiger partial charge in [-0.15, -0.1) is 0 Å². The lowest BCUT2D eigenvalue weighted by molar-refractivity contribution is 0.112. The zero-order chi connectivity index (χ0) is 12.6. The van der Waals surface area contributed by atoms with Gasteiger partial charge in [0.05, 0.1) is 22.6 Å². The van der Waals surface area contributed by atoms with Crippen molar-refractivity contribution in [1.29, 1.82) is 0 Å². The van der Waals surface area contributed by atoms with Crippen molar-refractivity contribution < 1.29 is 13.6 Å². The minimum atomic E-state index is -0.942. The van der Waals surface area contributed by atoms with Crippen LogP contribution in [0, 0.1) is 25.5 Å². The van der Waals surface area contributed by atoms with E-state index in [2.05, 4.69) is 5.10 Å². The molecular weight excluding hydrogens is 226 g/mol. The van der Waals surface area contributed by atoms with E-state index in [1.165, 1.54) is 10.7 Å². The fourth-order valence-electron chi connectivity index (χ4n) is 1.69. The van der Waals surface area contributed by atoms with Gasteiger partial charge >= 0.3 is 0 Å². The first kappa shape index (κ1) is 11.4. The Hall–Kier alpha value is -2.04. The van der Waals surface area contributed by atoms with Crippen molar-refractivity contribution in [3.63, 3.8) is 0 Å². The molecule has 0 N–H and O–H groups in total. The zero-order valence-electron chi connectivity index (χ0n) is 9.37. The number of carbonyl (C=O) groups is 1. The molecule has 0 fully saturated rings. The molecule has 0 saturated carbocycles. The number of carbonyl (C=O) groups excluding carboxylic acids is 1. The van der Waals surface area contributed by atoms with Crippen molar-refractivity contribution in [1.82, 2.24) is 9.78 Å². The molecule has 1 aromatic carbocycles. The summed E-state index contributed by atoms with van der Waals surface area (Å²) in [7, 11) is 0. The van der Waals surface area contributed by atoms with Gasteiger partial charge in [0.15, 0.2) is 17.9 Å². The molecule has 1 heterocycles. The number of aryl methyl sites for hydroxylation is 1. The molecule has 0 bridgehead atoms. The van der Waals surface area contributed by atoms with Crippen molar-refractivity contribution in [2.24, 2.45) is 0 Å². The maximum atomic E-state index is 13.1. The Kier molecular flexibility index (Phi) is 2.75.